The van der Waals surface area contributed by atoms with E-state index in [1.165, 1.54) is 12.1 Å². The van der Waals surface area contributed by atoms with Crippen LogP contribution in [0.1, 0.15) is 68.9 Å². The average molecular weight is 858 g/mol. The van der Waals surface area contributed by atoms with Gasteiger partial charge in [0.25, 0.3) is 5.69 Å². The molecule has 0 spiro atoms. The molecule has 3 N–H and O–H groups in total. The quantitative estimate of drug-likeness (QED) is 0.0345. The molecule has 6 atom stereocenters. The summed E-state index contributed by atoms with van der Waals surface area (Å²) in [4.78, 5) is 33.1. The lowest BCUT2D eigenvalue weighted by Crippen LogP contribution is -2.70. The largest absolute Gasteiger partial charge is 0.459 e. The summed E-state index contributed by atoms with van der Waals surface area (Å²) in [6, 6.07) is 20.3. The highest BCUT2D eigenvalue weighted by molar-refractivity contribution is 6.03. The van der Waals surface area contributed by atoms with Gasteiger partial charge in [0.15, 0.2) is 0 Å². The van der Waals surface area contributed by atoms with Crippen LogP contribution in [-0.2, 0) is 25.7 Å². The van der Waals surface area contributed by atoms with E-state index >= 15 is 0 Å². The maximum atomic E-state index is 14.2. The van der Waals surface area contributed by atoms with E-state index in [1.54, 1.807) is 36.1 Å². The van der Waals surface area contributed by atoms with Crippen molar-refractivity contribution >= 4 is 17.5 Å². The van der Waals surface area contributed by atoms with Crippen molar-refractivity contribution in [3.05, 3.63) is 118 Å². The van der Waals surface area contributed by atoms with Crippen molar-refractivity contribution in [1.82, 2.24) is 4.90 Å². The van der Waals surface area contributed by atoms with E-state index in [9.17, 15) is 30.2 Å². The second-order valence-corrected chi connectivity index (χ2v) is 15.6. The van der Waals surface area contributed by atoms with Crippen molar-refractivity contribution in [2.45, 2.75) is 76.2 Å². The second-order valence-electron chi connectivity index (χ2n) is 15.6. The minimum absolute atomic E-state index is 0.00944. The van der Waals surface area contributed by atoms with Crippen LogP contribution in [0.15, 0.2) is 102 Å². The van der Waals surface area contributed by atoms with Crippen LogP contribution in [0.5, 0.6) is 17.2 Å². The molecule has 0 radical (unpaired) electrons. The number of fused-ring (bicyclic) bond motifs is 2. The van der Waals surface area contributed by atoms with Gasteiger partial charge < -0.3 is 43.8 Å². The van der Waals surface area contributed by atoms with E-state index in [0.717, 1.165) is 42.4 Å². The number of rotatable bonds is 24. The highest BCUT2D eigenvalue weighted by Crippen LogP contribution is 2.62. The molecule has 0 saturated heterocycles. The number of ether oxygens (including phenoxy) is 5. The number of aliphatic hydroxyl groups excluding tert-OH is 3. The lowest BCUT2D eigenvalue weighted by atomic mass is 9.55. The summed E-state index contributed by atoms with van der Waals surface area (Å²) < 4.78 is 32.0. The van der Waals surface area contributed by atoms with Gasteiger partial charge in [-0.2, -0.15) is 0 Å². The van der Waals surface area contributed by atoms with Gasteiger partial charge in [-0.25, -0.2) is 4.79 Å². The van der Waals surface area contributed by atoms with Crippen LogP contribution in [0.2, 0.25) is 0 Å². The van der Waals surface area contributed by atoms with Gasteiger partial charge in [-0.15, -0.1) is 6.58 Å². The summed E-state index contributed by atoms with van der Waals surface area (Å²) in [6.45, 7) is 6.25. The third-order valence-corrected chi connectivity index (χ3v) is 11.7. The second kappa shape index (κ2) is 22.7. The number of unbranched alkanes of at least 4 members (excludes halogenated alkanes) is 2. The summed E-state index contributed by atoms with van der Waals surface area (Å²) in [5, 5.41) is 45.8. The third kappa shape index (κ3) is 10.8. The number of hydrogen-bond donors (Lipinski definition) is 3. The number of carbonyl (C=O) groups is 1. The number of aliphatic hydroxyl groups is 3. The summed E-state index contributed by atoms with van der Waals surface area (Å²) in [5.74, 6) is -1.28. The standard InChI is InChI=1S/C47H59N3O12/c1-3-25-59-47-43(49(46(54)58-4-2)21-26-57-27-24-53)31-41(48-60-32-33-13-6-5-7-14-33)39-28-34(15-8-10-22-51)38(18-9-11-23-52)44(45(39)47)40-30-37(19-20-42(40)62-47)61-36-17-12-16-35(29-36)50(55)56/h3,5-7,12-14,16-17,19-20,28-30,34,38,43-45,51-53H,1,4,8-11,15,18,21-27,31-32H2,2H3/t34-,38+,43-,44+,45+,47+/m0/s1. The fourth-order valence-electron chi connectivity index (χ4n) is 9.18. The highest BCUT2D eigenvalue weighted by Gasteiger charge is 2.65. The van der Waals surface area contributed by atoms with Gasteiger partial charge in [-0.1, -0.05) is 66.5 Å². The molecule has 1 heterocycles. The van der Waals surface area contributed by atoms with E-state index in [0.29, 0.717) is 35.8 Å². The highest BCUT2D eigenvalue weighted by atomic mass is 16.7. The Balaban J connectivity index is 1.57. The van der Waals surface area contributed by atoms with Crippen LogP contribution in [0, 0.1) is 27.9 Å². The van der Waals surface area contributed by atoms with Crippen molar-refractivity contribution in [2.75, 3.05) is 52.8 Å². The van der Waals surface area contributed by atoms with Crippen LogP contribution in [-0.4, -0.2) is 102 Å². The first-order chi connectivity index (χ1) is 30.3. The minimum Gasteiger partial charge on any atom is -0.459 e. The normalized spacial score (nSPS) is 23.0. The van der Waals surface area contributed by atoms with Crippen molar-refractivity contribution in [1.29, 1.82) is 0 Å². The lowest BCUT2D eigenvalue weighted by Gasteiger charge is -2.59. The number of nitro benzene ring substituents is 1. The van der Waals surface area contributed by atoms with Gasteiger partial charge in [0.2, 0.25) is 5.79 Å². The molecule has 62 heavy (non-hydrogen) atoms. The number of benzene rings is 3. The van der Waals surface area contributed by atoms with Gasteiger partial charge in [0.1, 0.15) is 29.9 Å². The third-order valence-electron chi connectivity index (χ3n) is 11.7. The summed E-state index contributed by atoms with van der Waals surface area (Å²) in [7, 11) is 0. The monoisotopic (exact) mass is 857 g/mol. The topological polar surface area (TPSA) is 192 Å². The van der Waals surface area contributed by atoms with E-state index in [-0.39, 0.29) is 89.3 Å². The fourth-order valence-corrected chi connectivity index (χ4v) is 9.18. The van der Waals surface area contributed by atoms with Gasteiger partial charge in [-0.3, -0.25) is 15.0 Å². The Morgan fingerprint density at radius 3 is 2.48 bits per heavy atom. The molecule has 3 aromatic carbocycles. The Bertz CT molecular complexity index is 2010. The van der Waals surface area contributed by atoms with Crippen LogP contribution in [0.25, 0.3) is 0 Å². The van der Waals surface area contributed by atoms with Crippen molar-refractivity contribution in [3.8, 4) is 17.2 Å². The van der Waals surface area contributed by atoms with E-state index < -0.39 is 28.8 Å². The smallest absolute Gasteiger partial charge is 0.410 e. The summed E-state index contributed by atoms with van der Waals surface area (Å²) >= 11 is 0. The molecule has 1 amide bonds. The molecule has 3 aliphatic rings. The van der Waals surface area contributed by atoms with E-state index in [4.69, 9.17) is 33.7 Å². The van der Waals surface area contributed by atoms with Crippen molar-refractivity contribution in [2.24, 2.45) is 22.9 Å². The number of carbonyl (C=O) groups excluding carboxylic acids is 1. The van der Waals surface area contributed by atoms with Crippen molar-refractivity contribution < 1.29 is 53.6 Å². The Labute approximate surface area is 362 Å². The Kier molecular flexibility index (Phi) is 16.9. The number of hydrogen-bond acceptors (Lipinski definition) is 13. The fraction of sp³-hybridized carbons (Fsp3) is 0.489. The lowest BCUT2D eigenvalue weighted by molar-refractivity contribution is -0.384. The zero-order valence-electron chi connectivity index (χ0n) is 35.3. The molecule has 15 nitrogen and oxygen atoms in total. The minimum atomic E-state index is -1.53. The zero-order valence-corrected chi connectivity index (χ0v) is 35.3. The van der Waals surface area contributed by atoms with E-state index in [1.807, 2.05) is 42.5 Å². The first kappa shape index (κ1) is 46.2. The number of amides is 1. The van der Waals surface area contributed by atoms with Gasteiger partial charge in [0.05, 0.1) is 55.7 Å². The van der Waals surface area contributed by atoms with Crippen molar-refractivity contribution in [3.63, 3.8) is 0 Å². The van der Waals surface area contributed by atoms with E-state index in [2.05, 4.69) is 12.7 Å². The van der Waals surface area contributed by atoms with Crippen LogP contribution >= 0.6 is 0 Å². The predicted molar refractivity (Wildman–Crippen MR) is 231 cm³/mol. The number of nitro groups is 1. The maximum Gasteiger partial charge on any atom is 0.410 e. The molecule has 15 heteroatoms. The number of nitrogens with zero attached hydrogens (tertiary/aromatic N) is 3. The van der Waals surface area contributed by atoms with Gasteiger partial charge in [0, 0.05) is 43.7 Å². The molecule has 0 unspecified atom stereocenters. The van der Waals surface area contributed by atoms with Crippen LogP contribution in [0.4, 0.5) is 10.5 Å². The predicted octanol–water partition coefficient (Wildman–Crippen LogP) is 7.69. The molecule has 2 aliphatic carbocycles. The summed E-state index contributed by atoms with van der Waals surface area (Å²) in [6.07, 6.45) is 7.65. The molecule has 334 valence electrons. The molecular formula is C47H59N3O12. The van der Waals surface area contributed by atoms with Crippen LogP contribution in [0.3, 0.4) is 0 Å². The first-order valence-corrected chi connectivity index (χ1v) is 21.6. The number of non-ortho nitro benzene ring substituents is 1. The molecule has 0 bridgehead atoms. The molecule has 1 fully saturated rings. The number of oxime groups is 1. The maximum absolute atomic E-state index is 14.2. The average Bonchev–Trinajstić information content (AvgIpc) is 3.28. The molecule has 0 aromatic heterocycles. The van der Waals surface area contributed by atoms with Gasteiger partial charge >= 0.3 is 6.09 Å². The van der Waals surface area contributed by atoms with Gasteiger partial charge in [-0.05, 0) is 79.8 Å². The Morgan fingerprint density at radius 1 is 0.984 bits per heavy atom. The Morgan fingerprint density at radius 2 is 1.76 bits per heavy atom. The SMILES string of the molecule is C=CCO[C@@]12Oc3ccc(Oc4cccc([N+](=O)[O-])c4)cc3[C@H]3[C@H](CCCCO)[C@@H](CCCCO)C=C(C(=NOCc4ccccc4)C[C@@H]1N(CCOCCO)C(=O)OCC)[C@H]32. The zero-order chi connectivity index (χ0) is 43.9. The molecular weight excluding hydrogens is 799 g/mol. The molecule has 3 aromatic rings. The molecule has 6 rings (SSSR count). The summed E-state index contributed by atoms with van der Waals surface area (Å²) in [5.41, 5.74) is 3.11. The number of allylic oxidation sites excluding steroid dienone is 1. The molecule has 1 saturated carbocycles. The first-order valence-electron chi connectivity index (χ1n) is 21.6. The van der Waals surface area contributed by atoms with Crippen LogP contribution < -0.4 is 9.47 Å². The Hall–Kier alpha value is -5.32. The molecule has 1 aliphatic heterocycles.